The molecule has 0 saturated carbocycles. The lowest BCUT2D eigenvalue weighted by molar-refractivity contribution is -0.158. The molecule has 1 aliphatic rings. The van der Waals surface area contributed by atoms with E-state index in [4.69, 9.17) is 9.84 Å². The summed E-state index contributed by atoms with van der Waals surface area (Å²) in [6.07, 6.45) is 2.00. The van der Waals surface area contributed by atoms with Crippen LogP contribution in [0, 0.1) is 13.8 Å². The zero-order valence-electron chi connectivity index (χ0n) is 12.4. The molecular weight excluding hydrogens is 290 g/mol. The molecule has 1 aliphatic heterocycles. The normalized spacial score (nSPS) is 18.8. The van der Waals surface area contributed by atoms with Gasteiger partial charge in [0.2, 0.25) is 5.91 Å². The van der Waals surface area contributed by atoms with Gasteiger partial charge in [0.05, 0.1) is 13.2 Å². The molecule has 1 unspecified atom stereocenters. The van der Waals surface area contributed by atoms with Gasteiger partial charge in [0, 0.05) is 22.7 Å². The van der Waals surface area contributed by atoms with Crippen molar-refractivity contribution in [1.82, 2.24) is 4.90 Å². The third-order valence-corrected chi connectivity index (χ3v) is 4.72. The maximum absolute atomic E-state index is 12.2. The first-order chi connectivity index (χ1) is 9.99. The quantitative estimate of drug-likeness (QED) is 0.903. The monoisotopic (exact) mass is 311 g/mol. The molecule has 1 saturated heterocycles. The second kappa shape index (κ2) is 7.04. The molecular formula is C15H21NO4S. The van der Waals surface area contributed by atoms with E-state index < -0.39 is 12.0 Å². The molecule has 0 radical (unpaired) electrons. The van der Waals surface area contributed by atoms with Crippen LogP contribution in [-0.2, 0) is 20.7 Å². The summed E-state index contributed by atoms with van der Waals surface area (Å²) >= 11 is 1.77. The summed E-state index contributed by atoms with van der Waals surface area (Å²) in [5.74, 6) is -1.08. The Kier molecular flexibility index (Phi) is 5.36. The summed E-state index contributed by atoms with van der Waals surface area (Å²) in [5, 5.41) is 9.13. The van der Waals surface area contributed by atoms with Gasteiger partial charge < -0.3 is 14.7 Å². The fraction of sp³-hybridized carbons (Fsp3) is 0.600. The zero-order valence-corrected chi connectivity index (χ0v) is 13.2. The molecule has 1 aromatic heterocycles. The fourth-order valence-electron chi connectivity index (χ4n) is 2.61. The van der Waals surface area contributed by atoms with Crippen LogP contribution in [0.15, 0.2) is 6.07 Å². The summed E-state index contributed by atoms with van der Waals surface area (Å²) in [4.78, 5) is 27.4. The molecule has 0 aromatic carbocycles. The van der Waals surface area contributed by atoms with Crippen molar-refractivity contribution in [3.63, 3.8) is 0 Å². The van der Waals surface area contributed by atoms with Gasteiger partial charge in [-0.3, -0.25) is 4.79 Å². The molecule has 1 atom stereocenters. The first-order valence-electron chi connectivity index (χ1n) is 7.15. The molecule has 1 N–H and O–H groups in total. The molecule has 0 bridgehead atoms. The zero-order chi connectivity index (χ0) is 15.4. The van der Waals surface area contributed by atoms with Gasteiger partial charge in [-0.15, -0.1) is 11.3 Å². The van der Waals surface area contributed by atoms with Crippen LogP contribution in [0.3, 0.4) is 0 Å². The topological polar surface area (TPSA) is 66.8 Å². The molecule has 1 amide bonds. The van der Waals surface area contributed by atoms with Crippen molar-refractivity contribution in [2.24, 2.45) is 0 Å². The average Bonchev–Trinajstić information content (AvgIpc) is 2.77. The van der Waals surface area contributed by atoms with Crippen LogP contribution in [-0.4, -0.2) is 47.7 Å². The van der Waals surface area contributed by atoms with Gasteiger partial charge in [0.1, 0.15) is 0 Å². The van der Waals surface area contributed by atoms with Gasteiger partial charge in [-0.25, -0.2) is 4.79 Å². The predicted molar refractivity (Wildman–Crippen MR) is 80.7 cm³/mol. The van der Waals surface area contributed by atoms with Crippen LogP contribution in [0.25, 0.3) is 0 Å². The van der Waals surface area contributed by atoms with Crippen molar-refractivity contribution in [2.45, 2.75) is 39.2 Å². The molecule has 6 heteroatoms. The maximum Gasteiger partial charge on any atom is 0.328 e. The lowest BCUT2D eigenvalue weighted by atomic mass is 10.1. The number of hydrogen-bond acceptors (Lipinski definition) is 4. The minimum atomic E-state index is -0.993. The summed E-state index contributed by atoms with van der Waals surface area (Å²) < 4.78 is 5.14. The van der Waals surface area contributed by atoms with Crippen molar-refractivity contribution in [3.05, 3.63) is 21.4 Å². The van der Waals surface area contributed by atoms with Crippen LogP contribution >= 0.6 is 11.3 Å². The van der Waals surface area contributed by atoms with E-state index in [1.807, 2.05) is 0 Å². The van der Waals surface area contributed by atoms with Crippen LogP contribution < -0.4 is 0 Å². The highest BCUT2D eigenvalue weighted by atomic mass is 32.1. The van der Waals surface area contributed by atoms with Crippen molar-refractivity contribution in [2.75, 3.05) is 19.8 Å². The second-order valence-corrected chi connectivity index (χ2v) is 6.77. The minimum Gasteiger partial charge on any atom is -0.480 e. The van der Waals surface area contributed by atoms with Crippen LogP contribution in [0.4, 0.5) is 0 Å². The van der Waals surface area contributed by atoms with Crippen LogP contribution in [0.5, 0.6) is 0 Å². The molecule has 0 spiro atoms. The number of carbonyl (C=O) groups is 2. The van der Waals surface area contributed by atoms with E-state index in [9.17, 15) is 9.59 Å². The van der Waals surface area contributed by atoms with E-state index in [0.717, 1.165) is 12.8 Å². The van der Waals surface area contributed by atoms with E-state index in [2.05, 4.69) is 19.9 Å². The Morgan fingerprint density at radius 1 is 1.48 bits per heavy atom. The van der Waals surface area contributed by atoms with Gasteiger partial charge in [0.25, 0.3) is 0 Å². The SMILES string of the molecule is Cc1cc(CCCC(=O)N2CCOCC2C(=O)O)c(C)s1. The van der Waals surface area contributed by atoms with E-state index in [-0.39, 0.29) is 12.5 Å². The number of aliphatic carboxylic acids is 1. The maximum atomic E-state index is 12.2. The minimum absolute atomic E-state index is 0.0872. The number of thiophene rings is 1. The lowest BCUT2D eigenvalue weighted by Gasteiger charge is -2.32. The number of morpholine rings is 1. The van der Waals surface area contributed by atoms with Crippen molar-refractivity contribution in [3.8, 4) is 0 Å². The first kappa shape index (κ1) is 16.0. The first-order valence-corrected chi connectivity index (χ1v) is 7.96. The standard InChI is InChI=1S/C15H21NO4S/c1-10-8-12(11(2)21-10)4-3-5-14(17)16-6-7-20-9-13(16)15(18)19/h8,13H,3-7,9H2,1-2H3,(H,18,19). The fourth-order valence-corrected chi connectivity index (χ4v) is 3.59. The number of nitrogens with zero attached hydrogens (tertiary/aromatic N) is 1. The van der Waals surface area contributed by atoms with E-state index in [0.29, 0.717) is 19.6 Å². The Bertz CT molecular complexity index is 526. The number of carboxylic acid groups (broad SMARTS) is 1. The van der Waals surface area contributed by atoms with Crippen LogP contribution in [0.2, 0.25) is 0 Å². The number of amides is 1. The molecule has 2 heterocycles. The number of carbonyl (C=O) groups excluding carboxylic acids is 1. The molecule has 1 aromatic rings. The molecule has 5 nitrogen and oxygen atoms in total. The summed E-state index contributed by atoms with van der Waals surface area (Å²) in [5.41, 5.74) is 1.29. The number of ether oxygens (including phenoxy) is 1. The van der Waals surface area contributed by atoms with Crippen molar-refractivity contribution < 1.29 is 19.4 Å². The molecule has 0 aliphatic carbocycles. The summed E-state index contributed by atoms with van der Waals surface area (Å²) in [6, 6.07) is 1.33. The van der Waals surface area contributed by atoms with Gasteiger partial charge in [-0.2, -0.15) is 0 Å². The molecule has 21 heavy (non-hydrogen) atoms. The van der Waals surface area contributed by atoms with Crippen LogP contribution in [0.1, 0.15) is 28.2 Å². The van der Waals surface area contributed by atoms with E-state index >= 15 is 0 Å². The number of rotatable bonds is 5. The summed E-state index contributed by atoms with van der Waals surface area (Å²) in [7, 11) is 0. The highest BCUT2D eigenvalue weighted by Crippen LogP contribution is 2.22. The average molecular weight is 311 g/mol. The lowest BCUT2D eigenvalue weighted by Crippen LogP contribution is -2.52. The largest absolute Gasteiger partial charge is 0.480 e. The predicted octanol–water partition coefficient (Wildman–Crippen LogP) is 2.00. The Balaban J connectivity index is 1.86. The summed E-state index contributed by atoms with van der Waals surface area (Å²) in [6.45, 7) is 5.05. The van der Waals surface area contributed by atoms with Gasteiger partial charge in [-0.1, -0.05) is 0 Å². The second-order valence-electron chi connectivity index (χ2n) is 5.31. The van der Waals surface area contributed by atoms with Gasteiger partial charge >= 0.3 is 5.97 Å². The molecule has 2 rings (SSSR count). The number of carboxylic acids is 1. The Labute approximate surface area is 128 Å². The van der Waals surface area contributed by atoms with E-state index in [1.54, 1.807) is 11.3 Å². The smallest absolute Gasteiger partial charge is 0.328 e. The van der Waals surface area contributed by atoms with Gasteiger partial charge in [-0.05, 0) is 38.3 Å². The highest BCUT2D eigenvalue weighted by molar-refractivity contribution is 7.12. The number of aryl methyl sites for hydroxylation is 3. The third-order valence-electron chi connectivity index (χ3n) is 3.71. The molecule has 116 valence electrons. The van der Waals surface area contributed by atoms with E-state index in [1.165, 1.54) is 20.2 Å². The molecule has 1 fully saturated rings. The Morgan fingerprint density at radius 3 is 2.86 bits per heavy atom. The van der Waals surface area contributed by atoms with Crippen molar-refractivity contribution in [1.29, 1.82) is 0 Å². The van der Waals surface area contributed by atoms with Crippen molar-refractivity contribution >= 4 is 23.2 Å². The highest BCUT2D eigenvalue weighted by Gasteiger charge is 2.32. The Hall–Kier alpha value is -1.40. The van der Waals surface area contributed by atoms with Gasteiger partial charge in [0.15, 0.2) is 6.04 Å². The number of hydrogen-bond donors (Lipinski definition) is 1. The Morgan fingerprint density at radius 2 is 2.24 bits per heavy atom. The third kappa shape index (κ3) is 4.04.